The SMILES string of the molecule is COC(=O)CC(NC(=O)CCSc1ccc(C)c(C)c1)c1ccc(OC)c(OC)c1. The summed E-state index contributed by atoms with van der Waals surface area (Å²) in [5, 5.41) is 2.94. The van der Waals surface area contributed by atoms with E-state index in [0.29, 0.717) is 23.7 Å². The topological polar surface area (TPSA) is 73.9 Å². The minimum atomic E-state index is -0.517. The first-order chi connectivity index (χ1) is 14.4. The second-order valence-corrected chi connectivity index (χ2v) is 8.03. The Morgan fingerprint density at radius 3 is 2.33 bits per heavy atom. The van der Waals surface area contributed by atoms with E-state index in [4.69, 9.17) is 14.2 Å². The fraction of sp³-hybridized carbons (Fsp3) is 0.391. The summed E-state index contributed by atoms with van der Waals surface area (Å²) in [5.41, 5.74) is 3.22. The Bertz CT molecular complexity index is 884. The molecule has 1 amide bonds. The fourth-order valence-corrected chi connectivity index (χ4v) is 3.85. The van der Waals surface area contributed by atoms with Crippen molar-refractivity contribution in [2.24, 2.45) is 0 Å². The molecule has 2 aromatic carbocycles. The van der Waals surface area contributed by atoms with Gasteiger partial charge in [-0.3, -0.25) is 9.59 Å². The van der Waals surface area contributed by atoms with Crippen LogP contribution < -0.4 is 14.8 Å². The molecule has 1 atom stereocenters. The van der Waals surface area contributed by atoms with Gasteiger partial charge in [-0.1, -0.05) is 12.1 Å². The smallest absolute Gasteiger partial charge is 0.307 e. The van der Waals surface area contributed by atoms with Crippen molar-refractivity contribution in [2.45, 2.75) is 37.6 Å². The Kier molecular flexibility index (Phi) is 9.05. The molecule has 6 nitrogen and oxygen atoms in total. The number of esters is 1. The molecule has 1 N–H and O–H groups in total. The van der Waals surface area contributed by atoms with Crippen LogP contribution in [0.15, 0.2) is 41.3 Å². The standard InChI is InChI=1S/C23H29NO5S/c1-15-6-8-18(12-16(15)2)30-11-10-22(25)24-19(14-23(26)29-5)17-7-9-20(27-3)21(13-17)28-4/h6-9,12-13,19H,10-11,14H2,1-5H3,(H,24,25). The number of carbonyl (C=O) groups excluding carboxylic acids is 2. The quantitative estimate of drug-likeness (QED) is 0.448. The molecule has 2 aromatic rings. The first kappa shape index (κ1) is 23.6. The molecule has 0 aromatic heterocycles. The van der Waals surface area contributed by atoms with Gasteiger partial charge >= 0.3 is 5.97 Å². The van der Waals surface area contributed by atoms with E-state index in [0.717, 1.165) is 10.5 Å². The molecular formula is C23H29NO5S. The number of amides is 1. The maximum Gasteiger partial charge on any atom is 0.307 e. The summed E-state index contributed by atoms with van der Waals surface area (Å²) in [6, 6.07) is 11.1. The van der Waals surface area contributed by atoms with Crippen molar-refractivity contribution in [2.75, 3.05) is 27.1 Å². The van der Waals surface area contributed by atoms with Gasteiger partial charge in [-0.2, -0.15) is 0 Å². The zero-order chi connectivity index (χ0) is 22.1. The molecule has 1 unspecified atom stereocenters. The second-order valence-electron chi connectivity index (χ2n) is 6.86. The number of nitrogens with one attached hydrogen (secondary N) is 1. The Hall–Kier alpha value is -2.67. The third kappa shape index (κ3) is 6.69. The van der Waals surface area contributed by atoms with Gasteiger partial charge < -0.3 is 19.5 Å². The Morgan fingerprint density at radius 1 is 0.967 bits per heavy atom. The van der Waals surface area contributed by atoms with Gasteiger partial charge in [-0.15, -0.1) is 11.8 Å². The molecule has 0 radical (unpaired) electrons. The zero-order valence-corrected chi connectivity index (χ0v) is 18.9. The first-order valence-corrected chi connectivity index (χ1v) is 10.6. The van der Waals surface area contributed by atoms with Gasteiger partial charge in [-0.05, 0) is 54.8 Å². The minimum Gasteiger partial charge on any atom is -0.493 e. The van der Waals surface area contributed by atoms with E-state index in [1.165, 1.54) is 18.2 Å². The summed E-state index contributed by atoms with van der Waals surface area (Å²) in [5.74, 6) is 1.22. The van der Waals surface area contributed by atoms with E-state index in [1.54, 1.807) is 44.2 Å². The largest absolute Gasteiger partial charge is 0.493 e. The minimum absolute atomic E-state index is 0.0298. The van der Waals surface area contributed by atoms with Crippen molar-refractivity contribution in [3.8, 4) is 11.5 Å². The molecule has 2 rings (SSSR count). The molecule has 162 valence electrons. The molecule has 0 fully saturated rings. The lowest BCUT2D eigenvalue weighted by molar-refractivity contribution is -0.141. The van der Waals surface area contributed by atoms with Crippen LogP contribution in [0, 0.1) is 13.8 Å². The molecule has 0 aliphatic rings. The number of aryl methyl sites for hydroxylation is 2. The van der Waals surface area contributed by atoms with Gasteiger partial charge in [0, 0.05) is 17.1 Å². The third-order valence-corrected chi connectivity index (χ3v) is 5.82. The molecule has 7 heteroatoms. The number of carbonyl (C=O) groups is 2. The summed E-state index contributed by atoms with van der Waals surface area (Å²) >= 11 is 1.63. The number of methoxy groups -OCH3 is 3. The van der Waals surface area contributed by atoms with Crippen molar-refractivity contribution in [1.29, 1.82) is 0 Å². The molecule has 0 bridgehead atoms. The predicted molar refractivity (Wildman–Crippen MR) is 118 cm³/mol. The third-order valence-electron chi connectivity index (χ3n) is 4.82. The highest BCUT2D eigenvalue weighted by Crippen LogP contribution is 2.31. The van der Waals surface area contributed by atoms with Crippen LogP contribution in [-0.4, -0.2) is 39.0 Å². The van der Waals surface area contributed by atoms with Crippen LogP contribution in [0.25, 0.3) is 0 Å². The van der Waals surface area contributed by atoms with Gasteiger partial charge in [0.05, 0.1) is 33.8 Å². The fourth-order valence-electron chi connectivity index (χ4n) is 2.90. The zero-order valence-electron chi connectivity index (χ0n) is 18.1. The molecule has 0 aliphatic heterocycles. The van der Waals surface area contributed by atoms with Crippen LogP contribution in [0.4, 0.5) is 0 Å². The maximum absolute atomic E-state index is 12.6. The van der Waals surface area contributed by atoms with Gasteiger partial charge in [0.25, 0.3) is 0 Å². The lowest BCUT2D eigenvalue weighted by Gasteiger charge is -2.20. The molecule has 0 saturated carbocycles. The summed E-state index contributed by atoms with van der Waals surface area (Å²) in [4.78, 5) is 25.6. The molecule has 30 heavy (non-hydrogen) atoms. The number of hydrogen-bond donors (Lipinski definition) is 1. The number of benzene rings is 2. The summed E-state index contributed by atoms with van der Waals surface area (Å²) < 4.78 is 15.4. The first-order valence-electron chi connectivity index (χ1n) is 9.66. The summed E-state index contributed by atoms with van der Waals surface area (Å²) in [6.45, 7) is 4.15. The van der Waals surface area contributed by atoms with E-state index >= 15 is 0 Å². The van der Waals surface area contributed by atoms with Crippen molar-refractivity contribution in [1.82, 2.24) is 5.32 Å². The Balaban J connectivity index is 2.03. The van der Waals surface area contributed by atoms with E-state index < -0.39 is 12.0 Å². The molecule has 0 heterocycles. The van der Waals surface area contributed by atoms with Crippen LogP contribution in [0.1, 0.15) is 35.6 Å². The number of rotatable bonds is 10. The van der Waals surface area contributed by atoms with Gasteiger partial charge in [0.15, 0.2) is 11.5 Å². The Labute approximate surface area is 182 Å². The highest BCUT2D eigenvalue weighted by atomic mass is 32.2. The van der Waals surface area contributed by atoms with Gasteiger partial charge in [-0.25, -0.2) is 0 Å². The highest BCUT2D eigenvalue weighted by Gasteiger charge is 2.20. The van der Waals surface area contributed by atoms with Crippen molar-refractivity contribution >= 4 is 23.6 Å². The van der Waals surface area contributed by atoms with Crippen molar-refractivity contribution < 1.29 is 23.8 Å². The Morgan fingerprint density at radius 2 is 1.70 bits per heavy atom. The lowest BCUT2D eigenvalue weighted by atomic mass is 10.0. The van der Waals surface area contributed by atoms with Crippen LogP contribution in [0.3, 0.4) is 0 Å². The van der Waals surface area contributed by atoms with Crippen LogP contribution in [0.2, 0.25) is 0 Å². The number of ether oxygens (including phenoxy) is 3. The van der Waals surface area contributed by atoms with Crippen molar-refractivity contribution in [3.05, 3.63) is 53.1 Å². The van der Waals surface area contributed by atoms with E-state index in [2.05, 4.69) is 37.4 Å². The van der Waals surface area contributed by atoms with Crippen LogP contribution in [-0.2, 0) is 14.3 Å². The average Bonchev–Trinajstić information content (AvgIpc) is 2.75. The van der Waals surface area contributed by atoms with Gasteiger partial charge in [0.1, 0.15) is 0 Å². The summed E-state index contributed by atoms with van der Waals surface area (Å²) in [6.07, 6.45) is 0.366. The molecular weight excluding hydrogens is 402 g/mol. The predicted octanol–water partition coefficient (Wildman–Crippen LogP) is 4.22. The van der Waals surface area contributed by atoms with Gasteiger partial charge in [0.2, 0.25) is 5.91 Å². The molecule has 0 aliphatic carbocycles. The average molecular weight is 432 g/mol. The van der Waals surface area contributed by atoms with Crippen molar-refractivity contribution in [3.63, 3.8) is 0 Å². The van der Waals surface area contributed by atoms with Crippen LogP contribution >= 0.6 is 11.8 Å². The number of hydrogen-bond acceptors (Lipinski definition) is 6. The van der Waals surface area contributed by atoms with E-state index in [9.17, 15) is 9.59 Å². The summed E-state index contributed by atoms with van der Waals surface area (Å²) in [7, 11) is 4.42. The van der Waals surface area contributed by atoms with E-state index in [-0.39, 0.29) is 12.3 Å². The second kappa shape index (κ2) is 11.5. The van der Waals surface area contributed by atoms with E-state index in [1.807, 2.05) is 0 Å². The lowest BCUT2D eigenvalue weighted by Crippen LogP contribution is -2.30. The molecule has 0 saturated heterocycles. The maximum atomic E-state index is 12.6. The van der Waals surface area contributed by atoms with Crippen LogP contribution in [0.5, 0.6) is 11.5 Å². The normalized spacial score (nSPS) is 11.5. The molecule has 0 spiro atoms. The number of thioether (sulfide) groups is 1. The highest BCUT2D eigenvalue weighted by molar-refractivity contribution is 7.99. The monoisotopic (exact) mass is 431 g/mol.